The van der Waals surface area contributed by atoms with Crippen LogP contribution in [0.1, 0.15) is 15.9 Å². The summed E-state index contributed by atoms with van der Waals surface area (Å²) in [5, 5.41) is 9.57. The fraction of sp³-hybridized carbons (Fsp3) is 0.150. The normalized spacial score (nSPS) is 12.5. The van der Waals surface area contributed by atoms with Crippen LogP contribution in [0.2, 0.25) is 0 Å². The number of amides is 1. The first-order chi connectivity index (χ1) is 12.8. The van der Waals surface area contributed by atoms with E-state index in [9.17, 15) is 4.79 Å². The summed E-state index contributed by atoms with van der Waals surface area (Å²) in [4.78, 5) is 21.2. The minimum atomic E-state index is -0.110. The Balaban J connectivity index is 1.59. The molecule has 2 aromatic heterocycles. The van der Waals surface area contributed by atoms with Crippen molar-refractivity contribution in [2.75, 3.05) is 23.7 Å². The quantitative estimate of drug-likeness (QED) is 0.678. The topological polar surface area (TPSA) is 78.9 Å². The maximum absolute atomic E-state index is 12.7. The van der Waals surface area contributed by atoms with Crippen molar-refractivity contribution in [2.24, 2.45) is 0 Å². The minimum Gasteiger partial charge on any atom is -0.380 e. The first-order valence-corrected chi connectivity index (χ1v) is 8.55. The van der Waals surface area contributed by atoms with E-state index in [0.29, 0.717) is 12.1 Å². The number of rotatable bonds is 4. The van der Waals surface area contributed by atoms with Gasteiger partial charge >= 0.3 is 0 Å². The zero-order valence-corrected chi connectivity index (χ0v) is 14.2. The molecule has 3 aromatic rings. The number of carbonyl (C=O) groups is 1. The van der Waals surface area contributed by atoms with Crippen LogP contribution < -0.4 is 16.0 Å². The standard InChI is InChI=1S/C20H19N5O/c26-20(25-12-14-5-7-21-8-6-14)17-4-2-1-3-16(17)15-11-18-19(24-13-15)23-10-9-22-18/h1-8,11,13,22H,9-10,12H2,(H,23,24)(H,25,26). The van der Waals surface area contributed by atoms with Gasteiger partial charge in [0, 0.05) is 49.4 Å². The second-order valence-corrected chi connectivity index (χ2v) is 6.06. The lowest BCUT2D eigenvalue weighted by molar-refractivity contribution is 0.0951. The van der Waals surface area contributed by atoms with Crippen molar-refractivity contribution >= 4 is 17.4 Å². The molecule has 1 aromatic carbocycles. The van der Waals surface area contributed by atoms with Gasteiger partial charge in [0.2, 0.25) is 0 Å². The number of fused-ring (bicyclic) bond motifs is 1. The molecule has 0 saturated carbocycles. The molecule has 0 spiro atoms. The van der Waals surface area contributed by atoms with Gasteiger partial charge in [0.1, 0.15) is 5.82 Å². The molecule has 0 radical (unpaired) electrons. The smallest absolute Gasteiger partial charge is 0.252 e. The number of carbonyl (C=O) groups excluding carboxylic acids is 1. The Morgan fingerprint density at radius 1 is 1.08 bits per heavy atom. The number of benzene rings is 1. The maximum Gasteiger partial charge on any atom is 0.252 e. The monoisotopic (exact) mass is 345 g/mol. The molecular formula is C20H19N5O. The molecule has 0 bridgehead atoms. The number of pyridine rings is 2. The Kier molecular flexibility index (Phi) is 4.47. The van der Waals surface area contributed by atoms with Gasteiger partial charge in [-0.1, -0.05) is 18.2 Å². The van der Waals surface area contributed by atoms with E-state index in [1.807, 2.05) is 42.5 Å². The fourth-order valence-electron chi connectivity index (χ4n) is 2.98. The van der Waals surface area contributed by atoms with E-state index in [2.05, 4.69) is 25.9 Å². The Bertz CT molecular complexity index is 926. The minimum absolute atomic E-state index is 0.110. The van der Waals surface area contributed by atoms with Crippen molar-refractivity contribution in [1.29, 1.82) is 0 Å². The number of hydrogen-bond donors (Lipinski definition) is 3. The summed E-state index contributed by atoms with van der Waals surface area (Å²) in [6.07, 6.45) is 5.23. The summed E-state index contributed by atoms with van der Waals surface area (Å²) in [6.45, 7) is 2.17. The van der Waals surface area contributed by atoms with Gasteiger partial charge < -0.3 is 16.0 Å². The van der Waals surface area contributed by atoms with Crippen molar-refractivity contribution in [3.8, 4) is 11.1 Å². The molecular weight excluding hydrogens is 326 g/mol. The van der Waals surface area contributed by atoms with Gasteiger partial charge in [-0.25, -0.2) is 4.98 Å². The number of aromatic nitrogens is 2. The molecule has 6 heteroatoms. The largest absolute Gasteiger partial charge is 0.380 e. The van der Waals surface area contributed by atoms with Crippen molar-refractivity contribution in [3.63, 3.8) is 0 Å². The third-order valence-electron chi connectivity index (χ3n) is 4.31. The molecule has 1 amide bonds. The van der Waals surface area contributed by atoms with Crippen LogP contribution >= 0.6 is 0 Å². The predicted octanol–water partition coefficient (Wildman–Crippen LogP) is 2.91. The van der Waals surface area contributed by atoms with E-state index in [1.165, 1.54) is 0 Å². The summed E-state index contributed by atoms with van der Waals surface area (Å²) in [5.74, 6) is 0.737. The highest BCUT2D eigenvalue weighted by Gasteiger charge is 2.15. The number of nitrogens with zero attached hydrogens (tertiary/aromatic N) is 2. The van der Waals surface area contributed by atoms with Gasteiger partial charge in [-0.3, -0.25) is 9.78 Å². The Morgan fingerprint density at radius 3 is 2.77 bits per heavy atom. The van der Waals surface area contributed by atoms with Crippen LogP contribution in [-0.4, -0.2) is 29.0 Å². The zero-order valence-electron chi connectivity index (χ0n) is 14.2. The third-order valence-corrected chi connectivity index (χ3v) is 4.31. The zero-order chi connectivity index (χ0) is 17.8. The van der Waals surface area contributed by atoms with Crippen LogP contribution in [0.4, 0.5) is 11.5 Å². The average Bonchev–Trinajstić information content (AvgIpc) is 2.72. The summed E-state index contributed by atoms with van der Waals surface area (Å²) in [6, 6.07) is 13.4. The second kappa shape index (κ2) is 7.23. The molecule has 0 unspecified atom stereocenters. The molecule has 0 aliphatic carbocycles. The summed E-state index contributed by atoms with van der Waals surface area (Å²) < 4.78 is 0. The second-order valence-electron chi connectivity index (χ2n) is 6.06. The average molecular weight is 345 g/mol. The van der Waals surface area contributed by atoms with Crippen LogP contribution in [0.5, 0.6) is 0 Å². The van der Waals surface area contributed by atoms with Gasteiger partial charge in [0.25, 0.3) is 5.91 Å². The van der Waals surface area contributed by atoms with Gasteiger partial charge in [-0.05, 0) is 35.4 Å². The Morgan fingerprint density at radius 2 is 1.88 bits per heavy atom. The molecule has 1 aliphatic rings. The lowest BCUT2D eigenvalue weighted by atomic mass is 10.00. The van der Waals surface area contributed by atoms with Gasteiger partial charge in [-0.15, -0.1) is 0 Å². The van der Waals surface area contributed by atoms with E-state index in [1.54, 1.807) is 18.6 Å². The Hall–Kier alpha value is -3.41. The summed E-state index contributed by atoms with van der Waals surface area (Å²) >= 11 is 0. The summed E-state index contributed by atoms with van der Waals surface area (Å²) in [7, 11) is 0. The van der Waals surface area contributed by atoms with E-state index < -0.39 is 0 Å². The van der Waals surface area contributed by atoms with Crippen LogP contribution in [0.25, 0.3) is 11.1 Å². The van der Waals surface area contributed by atoms with Crippen LogP contribution in [0, 0.1) is 0 Å². The summed E-state index contributed by atoms with van der Waals surface area (Å²) in [5.41, 5.74) is 4.38. The van der Waals surface area contributed by atoms with Crippen molar-refractivity contribution < 1.29 is 4.79 Å². The van der Waals surface area contributed by atoms with Crippen LogP contribution in [0.3, 0.4) is 0 Å². The first-order valence-electron chi connectivity index (χ1n) is 8.55. The lowest BCUT2D eigenvalue weighted by Crippen LogP contribution is -2.23. The predicted molar refractivity (Wildman–Crippen MR) is 102 cm³/mol. The van der Waals surface area contributed by atoms with Gasteiger partial charge in [0.05, 0.1) is 5.69 Å². The molecule has 4 rings (SSSR count). The maximum atomic E-state index is 12.7. The molecule has 130 valence electrons. The van der Waals surface area contributed by atoms with E-state index in [0.717, 1.165) is 41.3 Å². The number of nitrogens with one attached hydrogen (secondary N) is 3. The first kappa shape index (κ1) is 16.1. The highest BCUT2D eigenvalue weighted by Crippen LogP contribution is 2.30. The van der Waals surface area contributed by atoms with E-state index >= 15 is 0 Å². The van der Waals surface area contributed by atoms with Crippen molar-refractivity contribution in [2.45, 2.75) is 6.54 Å². The molecule has 0 fully saturated rings. The molecule has 26 heavy (non-hydrogen) atoms. The SMILES string of the molecule is O=C(NCc1ccncc1)c1ccccc1-c1cnc2c(c1)NCCN2. The molecule has 3 heterocycles. The molecule has 3 N–H and O–H groups in total. The lowest BCUT2D eigenvalue weighted by Gasteiger charge is -2.20. The Labute approximate surface area is 151 Å². The van der Waals surface area contributed by atoms with Crippen molar-refractivity contribution in [3.05, 3.63) is 72.2 Å². The van der Waals surface area contributed by atoms with Crippen molar-refractivity contribution in [1.82, 2.24) is 15.3 Å². The number of anilines is 2. The van der Waals surface area contributed by atoms with E-state index in [-0.39, 0.29) is 5.91 Å². The fourth-order valence-corrected chi connectivity index (χ4v) is 2.98. The third kappa shape index (κ3) is 3.35. The molecule has 6 nitrogen and oxygen atoms in total. The van der Waals surface area contributed by atoms with E-state index in [4.69, 9.17) is 0 Å². The highest BCUT2D eigenvalue weighted by atomic mass is 16.1. The molecule has 1 aliphatic heterocycles. The van der Waals surface area contributed by atoms with Crippen LogP contribution in [-0.2, 0) is 6.54 Å². The molecule has 0 saturated heterocycles. The molecule has 0 atom stereocenters. The van der Waals surface area contributed by atoms with Crippen LogP contribution in [0.15, 0.2) is 61.1 Å². The van der Waals surface area contributed by atoms with Gasteiger partial charge in [-0.2, -0.15) is 0 Å². The number of hydrogen-bond acceptors (Lipinski definition) is 5. The van der Waals surface area contributed by atoms with Gasteiger partial charge in [0.15, 0.2) is 0 Å². The highest BCUT2D eigenvalue weighted by molar-refractivity contribution is 6.01.